The van der Waals surface area contributed by atoms with E-state index in [2.05, 4.69) is 4.98 Å². The van der Waals surface area contributed by atoms with Gasteiger partial charge in [0, 0.05) is 41.1 Å². The van der Waals surface area contributed by atoms with Gasteiger partial charge in [0.2, 0.25) is 0 Å². The fourth-order valence-corrected chi connectivity index (χ4v) is 5.40. The molecule has 0 fully saturated rings. The van der Waals surface area contributed by atoms with Gasteiger partial charge in [0.15, 0.2) is 5.16 Å². The highest BCUT2D eigenvalue weighted by molar-refractivity contribution is 7.98. The van der Waals surface area contributed by atoms with E-state index in [4.69, 9.17) is 21.1 Å². The molecule has 0 saturated carbocycles. The van der Waals surface area contributed by atoms with Gasteiger partial charge in [0.05, 0.1) is 24.0 Å². The van der Waals surface area contributed by atoms with Gasteiger partial charge in [-0.05, 0) is 56.1 Å². The van der Waals surface area contributed by atoms with Gasteiger partial charge in [-0.25, -0.2) is 18.2 Å². The maximum absolute atomic E-state index is 15.0. The second-order valence-corrected chi connectivity index (χ2v) is 11.4. The van der Waals surface area contributed by atoms with Crippen molar-refractivity contribution in [2.75, 3.05) is 34.4 Å². The fourth-order valence-electron chi connectivity index (χ4n) is 4.20. The summed E-state index contributed by atoms with van der Waals surface area (Å²) in [6, 6.07) is 13.9. The topological polar surface area (TPSA) is 39.5 Å². The van der Waals surface area contributed by atoms with Crippen LogP contribution in [0.2, 0.25) is 5.02 Å². The zero-order valence-corrected chi connectivity index (χ0v) is 24.5. The van der Waals surface area contributed by atoms with E-state index in [0.717, 1.165) is 11.3 Å². The van der Waals surface area contributed by atoms with E-state index < -0.39 is 17.0 Å². The lowest BCUT2D eigenvalue weighted by Crippen LogP contribution is -2.23. The summed E-state index contributed by atoms with van der Waals surface area (Å²) in [7, 11) is 5.33. The minimum Gasteiger partial charge on any atom is -0.495 e. The summed E-state index contributed by atoms with van der Waals surface area (Å²) >= 11 is 7.44. The lowest BCUT2D eigenvalue weighted by atomic mass is 9.81. The van der Waals surface area contributed by atoms with Gasteiger partial charge in [0.1, 0.15) is 35.6 Å². The summed E-state index contributed by atoms with van der Waals surface area (Å²) < 4.78 is 56.5. The van der Waals surface area contributed by atoms with Crippen molar-refractivity contribution in [3.05, 3.63) is 100 Å². The second kappa shape index (κ2) is 12.6. The molecule has 0 amide bonds. The van der Waals surface area contributed by atoms with Crippen molar-refractivity contribution in [1.29, 1.82) is 0 Å². The standard InChI is InChI=1S/C30H31ClF3N3O2S/c1-30(2,19-6-11-24(31)27(14-19)38-5)28-17-35-29(37(28)21-9-7-20(32)8-10-21)40-18-23-25(33)15-22(16-26(23)34)39-13-12-36(3)4/h6-11,14-17H,12-13,18H2,1-5H3. The Hall–Kier alpha value is -3.14. The molecular formula is C30H31ClF3N3O2S. The quantitative estimate of drug-likeness (QED) is 0.169. The Labute approximate surface area is 241 Å². The molecule has 3 aromatic carbocycles. The number of imidazole rings is 1. The number of benzene rings is 3. The monoisotopic (exact) mass is 589 g/mol. The molecule has 0 aliphatic rings. The predicted molar refractivity (Wildman–Crippen MR) is 154 cm³/mol. The van der Waals surface area contributed by atoms with Crippen LogP contribution in [-0.4, -0.2) is 48.8 Å². The van der Waals surface area contributed by atoms with Crippen molar-refractivity contribution < 1.29 is 22.6 Å². The minimum atomic E-state index is -0.693. The minimum absolute atomic E-state index is 0.0114. The van der Waals surface area contributed by atoms with Crippen LogP contribution in [0.25, 0.3) is 5.69 Å². The highest BCUT2D eigenvalue weighted by Gasteiger charge is 2.30. The molecule has 0 spiro atoms. The van der Waals surface area contributed by atoms with E-state index in [9.17, 15) is 13.2 Å². The summed E-state index contributed by atoms with van der Waals surface area (Å²) in [6.45, 7) is 4.98. The number of hydrogen-bond acceptors (Lipinski definition) is 5. The summed E-state index contributed by atoms with van der Waals surface area (Å²) in [5, 5.41) is 0.990. The van der Waals surface area contributed by atoms with Crippen LogP contribution < -0.4 is 9.47 Å². The van der Waals surface area contributed by atoms with Gasteiger partial charge >= 0.3 is 0 Å². The molecule has 0 unspecified atom stereocenters. The Kier molecular flexibility index (Phi) is 9.38. The van der Waals surface area contributed by atoms with Crippen molar-refractivity contribution in [2.24, 2.45) is 0 Å². The summed E-state index contributed by atoms with van der Waals surface area (Å²) in [5.41, 5.74) is 1.69. The van der Waals surface area contributed by atoms with E-state index in [1.807, 2.05) is 49.5 Å². The van der Waals surface area contributed by atoms with E-state index in [1.165, 1.54) is 36.0 Å². The highest BCUT2D eigenvalue weighted by atomic mass is 35.5. The summed E-state index contributed by atoms with van der Waals surface area (Å²) in [6.07, 6.45) is 1.72. The highest BCUT2D eigenvalue weighted by Crippen LogP contribution is 2.39. The van der Waals surface area contributed by atoms with Crippen molar-refractivity contribution in [3.63, 3.8) is 0 Å². The number of hydrogen-bond donors (Lipinski definition) is 0. The third kappa shape index (κ3) is 6.59. The number of likely N-dealkylation sites (N-methyl/N-ethyl adjacent to an activating group) is 1. The van der Waals surface area contributed by atoms with Crippen molar-refractivity contribution in [1.82, 2.24) is 14.5 Å². The molecule has 0 aliphatic heterocycles. The third-order valence-electron chi connectivity index (χ3n) is 6.59. The summed E-state index contributed by atoms with van der Waals surface area (Å²) in [4.78, 5) is 6.53. The van der Waals surface area contributed by atoms with Crippen LogP contribution in [-0.2, 0) is 11.2 Å². The number of nitrogens with zero attached hydrogens (tertiary/aromatic N) is 3. The SMILES string of the molecule is COc1cc(C(C)(C)c2cnc(SCc3c(F)cc(OCCN(C)C)cc3F)n2-c2ccc(F)cc2)ccc1Cl. The Bertz CT molecular complexity index is 1450. The predicted octanol–water partition coefficient (Wildman–Crippen LogP) is 7.51. The zero-order chi connectivity index (χ0) is 29.0. The van der Waals surface area contributed by atoms with Gasteiger partial charge in [-0.15, -0.1) is 0 Å². The van der Waals surface area contributed by atoms with E-state index in [0.29, 0.717) is 34.8 Å². The lowest BCUT2D eigenvalue weighted by molar-refractivity contribution is 0.259. The Morgan fingerprint density at radius 2 is 1.68 bits per heavy atom. The molecule has 0 aliphatic carbocycles. The lowest BCUT2D eigenvalue weighted by Gasteiger charge is -2.28. The van der Waals surface area contributed by atoms with Gasteiger partial charge in [-0.3, -0.25) is 4.57 Å². The molecule has 0 N–H and O–H groups in total. The van der Waals surface area contributed by atoms with Crippen LogP contribution in [0, 0.1) is 17.5 Å². The molecule has 40 heavy (non-hydrogen) atoms. The molecule has 0 bridgehead atoms. The van der Waals surface area contributed by atoms with E-state index >= 15 is 0 Å². The largest absolute Gasteiger partial charge is 0.495 e. The van der Waals surface area contributed by atoms with E-state index in [-0.39, 0.29) is 22.9 Å². The Morgan fingerprint density at radius 3 is 2.30 bits per heavy atom. The number of ether oxygens (including phenoxy) is 2. The van der Waals surface area contributed by atoms with Crippen LogP contribution in [0.4, 0.5) is 13.2 Å². The number of halogens is 4. The molecule has 0 saturated heterocycles. The molecule has 212 valence electrons. The van der Waals surface area contributed by atoms with Gasteiger partial charge in [0.25, 0.3) is 0 Å². The molecular weight excluding hydrogens is 559 g/mol. The van der Waals surface area contributed by atoms with Crippen LogP contribution in [0.5, 0.6) is 11.5 Å². The van der Waals surface area contributed by atoms with Crippen molar-refractivity contribution in [2.45, 2.75) is 30.2 Å². The first kappa shape index (κ1) is 29.8. The van der Waals surface area contributed by atoms with Gasteiger partial charge in [-0.2, -0.15) is 0 Å². The molecule has 4 rings (SSSR count). The number of rotatable bonds is 11. The van der Waals surface area contributed by atoms with Crippen molar-refractivity contribution in [3.8, 4) is 17.2 Å². The number of methoxy groups -OCH3 is 1. The Balaban J connectivity index is 1.68. The van der Waals surface area contributed by atoms with Gasteiger partial charge in [-0.1, -0.05) is 43.3 Å². The average molecular weight is 590 g/mol. The molecule has 0 radical (unpaired) electrons. The first-order valence-corrected chi connectivity index (χ1v) is 13.9. The van der Waals surface area contributed by atoms with Crippen LogP contribution in [0.1, 0.15) is 30.7 Å². The normalized spacial score (nSPS) is 11.8. The third-order valence-corrected chi connectivity index (χ3v) is 7.89. The maximum atomic E-state index is 15.0. The van der Waals surface area contributed by atoms with E-state index in [1.54, 1.807) is 31.5 Å². The number of thioether (sulfide) groups is 1. The zero-order valence-electron chi connectivity index (χ0n) is 23.0. The average Bonchev–Trinajstić information content (AvgIpc) is 3.33. The first-order valence-electron chi connectivity index (χ1n) is 12.6. The maximum Gasteiger partial charge on any atom is 0.173 e. The van der Waals surface area contributed by atoms with Crippen LogP contribution in [0.3, 0.4) is 0 Å². The number of aromatic nitrogens is 2. The smallest absolute Gasteiger partial charge is 0.173 e. The molecule has 5 nitrogen and oxygen atoms in total. The summed E-state index contributed by atoms with van der Waals surface area (Å²) in [5.74, 6) is -1.10. The molecule has 4 aromatic rings. The fraction of sp³-hybridized carbons (Fsp3) is 0.300. The molecule has 10 heteroatoms. The second-order valence-electron chi connectivity index (χ2n) is 10.0. The molecule has 0 atom stereocenters. The van der Waals surface area contributed by atoms with Crippen molar-refractivity contribution >= 4 is 23.4 Å². The van der Waals surface area contributed by atoms with Crippen LogP contribution in [0.15, 0.2) is 66.0 Å². The molecule has 1 heterocycles. The van der Waals surface area contributed by atoms with Gasteiger partial charge < -0.3 is 14.4 Å². The van der Waals surface area contributed by atoms with Crippen LogP contribution >= 0.6 is 23.4 Å². The Morgan fingerprint density at radius 1 is 1.00 bits per heavy atom. The first-order chi connectivity index (χ1) is 19.0. The molecule has 1 aromatic heterocycles.